The summed E-state index contributed by atoms with van der Waals surface area (Å²) in [6, 6.07) is 5.55. The van der Waals surface area contributed by atoms with E-state index in [2.05, 4.69) is 10.1 Å². The molecule has 0 saturated carbocycles. The van der Waals surface area contributed by atoms with E-state index in [9.17, 15) is 4.79 Å². The fourth-order valence-electron chi connectivity index (χ4n) is 3.31. The fourth-order valence-corrected chi connectivity index (χ4v) is 3.31. The molecule has 0 radical (unpaired) electrons. The van der Waals surface area contributed by atoms with Gasteiger partial charge in [0, 0.05) is 45.5 Å². The molecular weight excluding hydrogens is 316 g/mol. The third-order valence-electron chi connectivity index (χ3n) is 4.61. The summed E-state index contributed by atoms with van der Waals surface area (Å²) >= 11 is 0. The van der Waals surface area contributed by atoms with Crippen LogP contribution in [0.25, 0.3) is 5.52 Å². The van der Waals surface area contributed by atoms with Crippen molar-refractivity contribution in [1.29, 1.82) is 0 Å². The molecule has 3 aromatic rings. The highest BCUT2D eigenvalue weighted by Gasteiger charge is 2.29. The lowest BCUT2D eigenvalue weighted by molar-refractivity contribution is 0.0790. The van der Waals surface area contributed by atoms with E-state index in [4.69, 9.17) is 4.98 Å². The smallest absolute Gasteiger partial charge is 0.255 e. The normalized spacial score (nSPS) is 17.2. The lowest BCUT2D eigenvalue weighted by Gasteiger charge is -2.18. The zero-order chi connectivity index (χ0) is 17.4. The van der Waals surface area contributed by atoms with Gasteiger partial charge in [-0.2, -0.15) is 5.10 Å². The van der Waals surface area contributed by atoms with Crippen LogP contribution in [0.15, 0.2) is 43.0 Å². The van der Waals surface area contributed by atoms with Crippen molar-refractivity contribution in [3.05, 3.63) is 54.2 Å². The molecule has 1 atom stereocenters. The molecule has 0 aromatic carbocycles. The summed E-state index contributed by atoms with van der Waals surface area (Å²) in [5.41, 5.74) is 2.59. The molecule has 0 bridgehead atoms. The molecule has 1 saturated heterocycles. The molecule has 0 spiro atoms. The topological polar surface area (TPSA) is 66.6 Å². The molecular formula is C18H20N6O. The number of nitrogens with zero attached hydrogens (tertiary/aromatic N) is 6. The van der Waals surface area contributed by atoms with Crippen LogP contribution in [0.3, 0.4) is 0 Å². The van der Waals surface area contributed by atoms with Crippen LogP contribution in [-0.2, 0) is 0 Å². The molecule has 4 rings (SSSR count). The van der Waals surface area contributed by atoms with Gasteiger partial charge in [-0.3, -0.25) is 9.78 Å². The Balaban J connectivity index is 1.59. The molecule has 1 aliphatic heterocycles. The van der Waals surface area contributed by atoms with Gasteiger partial charge >= 0.3 is 0 Å². The summed E-state index contributed by atoms with van der Waals surface area (Å²) in [5.74, 6) is 1.14. The summed E-state index contributed by atoms with van der Waals surface area (Å²) in [7, 11) is 3.96. The van der Waals surface area contributed by atoms with Gasteiger partial charge in [-0.25, -0.2) is 9.50 Å². The molecule has 0 N–H and O–H groups in total. The van der Waals surface area contributed by atoms with E-state index in [-0.39, 0.29) is 11.8 Å². The van der Waals surface area contributed by atoms with Crippen LogP contribution in [0.1, 0.15) is 28.4 Å². The zero-order valence-electron chi connectivity index (χ0n) is 14.3. The minimum absolute atomic E-state index is 0.0311. The van der Waals surface area contributed by atoms with Gasteiger partial charge in [-0.1, -0.05) is 0 Å². The van der Waals surface area contributed by atoms with Crippen molar-refractivity contribution in [3.8, 4) is 0 Å². The van der Waals surface area contributed by atoms with Crippen molar-refractivity contribution in [3.63, 3.8) is 0 Å². The number of carbonyl (C=O) groups is 1. The van der Waals surface area contributed by atoms with Gasteiger partial charge in [0.1, 0.15) is 5.52 Å². The average Bonchev–Trinajstić information content (AvgIpc) is 3.30. The molecule has 25 heavy (non-hydrogen) atoms. The highest BCUT2D eigenvalue weighted by molar-refractivity contribution is 5.94. The number of amides is 1. The van der Waals surface area contributed by atoms with Crippen LogP contribution >= 0.6 is 0 Å². The number of hydrogen-bond acceptors (Lipinski definition) is 5. The van der Waals surface area contributed by atoms with E-state index in [1.807, 2.05) is 40.7 Å². The van der Waals surface area contributed by atoms with E-state index < -0.39 is 0 Å². The summed E-state index contributed by atoms with van der Waals surface area (Å²) in [4.78, 5) is 25.4. The van der Waals surface area contributed by atoms with Gasteiger partial charge in [-0.05, 0) is 24.6 Å². The van der Waals surface area contributed by atoms with E-state index >= 15 is 0 Å². The Morgan fingerprint density at radius 1 is 1.28 bits per heavy atom. The Bertz CT molecular complexity index is 904. The monoisotopic (exact) mass is 336 g/mol. The van der Waals surface area contributed by atoms with Crippen LogP contribution in [-0.4, -0.2) is 57.6 Å². The molecule has 3 aromatic heterocycles. The maximum atomic E-state index is 12.6. The van der Waals surface area contributed by atoms with Crippen LogP contribution in [0, 0.1) is 0 Å². The molecule has 0 aliphatic carbocycles. The Morgan fingerprint density at radius 2 is 2.16 bits per heavy atom. The van der Waals surface area contributed by atoms with Gasteiger partial charge in [0.05, 0.1) is 23.7 Å². The minimum atomic E-state index is 0.0311. The lowest BCUT2D eigenvalue weighted by atomic mass is 10.1. The first-order chi connectivity index (χ1) is 12.1. The Hall–Kier alpha value is -2.96. The van der Waals surface area contributed by atoms with Gasteiger partial charge in [0.2, 0.25) is 0 Å². The average molecular weight is 336 g/mol. The van der Waals surface area contributed by atoms with E-state index in [1.54, 1.807) is 30.7 Å². The second kappa shape index (κ2) is 6.16. The molecule has 7 nitrogen and oxygen atoms in total. The van der Waals surface area contributed by atoms with Crippen LogP contribution < -0.4 is 4.90 Å². The molecule has 1 amide bonds. The highest BCUT2D eigenvalue weighted by Crippen LogP contribution is 2.29. The molecule has 128 valence electrons. The molecule has 1 fully saturated rings. The lowest BCUT2D eigenvalue weighted by Crippen LogP contribution is -2.28. The summed E-state index contributed by atoms with van der Waals surface area (Å²) in [6.45, 7) is 1.40. The number of likely N-dealkylation sites (tertiary alicyclic amines) is 1. The summed E-state index contributed by atoms with van der Waals surface area (Å²) < 4.78 is 1.86. The number of rotatable bonds is 3. The van der Waals surface area contributed by atoms with Crippen molar-refractivity contribution < 1.29 is 4.79 Å². The Kier molecular flexibility index (Phi) is 3.83. The van der Waals surface area contributed by atoms with E-state index in [1.165, 1.54) is 0 Å². The largest absolute Gasteiger partial charge is 0.361 e. The number of anilines is 1. The van der Waals surface area contributed by atoms with Crippen molar-refractivity contribution in [1.82, 2.24) is 24.5 Å². The Labute approximate surface area is 145 Å². The number of carbonyl (C=O) groups excluding carboxylic acids is 1. The maximum absolute atomic E-state index is 12.6. The number of fused-ring (bicyclic) bond motifs is 1. The SMILES string of the molecule is CN(C)c1nc(C2CCN(C(=O)c3cccnc3)C2)cn2nccc12. The van der Waals surface area contributed by atoms with Crippen LogP contribution in [0.5, 0.6) is 0 Å². The predicted molar refractivity (Wildman–Crippen MR) is 94.8 cm³/mol. The maximum Gasteiger partial charge on any atom is 0.255 e. The number of pyridine rings is 1. The molecule has 1 aliphatic rings. The second-order valence-electron chi connectivity index (χ2n) is 6.52. The molecule has 1 unspecified atom stereocenters. The van der Waals surface area contributed by atoms with Gasteiger partial charge in [0.25, 0.3) is 5.91 Å². The van der Waals surface area contributed by atoms with Crippen LogP contribution in [0.4, 0.5) is 5.82 Å². The third-order valence-corrected chi connectivity index (χ3v) is 4.61. The highest BCUT2D eigenvalue weighted by atomic mass is 16.2. The fraction of sp³-hybridized carbons (Fsp3) is 0.333. The summed E-state index contributed by atoms with van der Waals surface area (Å²) in [6.07, 6.45) is 7.95. The van der Waals surface area contributed by atoms with Crippen LogP contribution in [0.2, 0.25) is 0 Å². The van der Waals surface area contributed by atoms with E-state index in [0.717, 1.165) is 30.0 Å². The van der Waals surface area contributed by atoms with E-state index in [0.29, 0.717) is 12.1 Å². The first-order valence-electron chi connectivity index (χ1n) is 8.34. The zero-order valence-corrected chi connectivity index (χ0v) is 14.3. The number of aromatic nitrogens is 4. The number of hydrogen-bond donors (Lipinski definition) is 0. The molecule has 4 heterocycles. The first-order valence-corrected chi connectivity index (χ1v) is 8.34. The van der Waals surface area contributed by atoms with Gasteiger partial charge in [0.15, 0.2) is 5.82 Å². The standard InChI is InChI=1S/C18H20N6O/c1-22(2)17-16-5-8-20-24(16)12-15(21-17)14-6-9-23(11-14)18(25)13-4-3-7-19-10-13/h3-5,7-8,10,12,14H,6,9,11H2,1-2H3. The van der Waals surface area contributed by atoms with Crippen molar-refractivity contribution in [2.24, 2.45) is 0 Å². The van der Waals surface area contributed by atoms with Gasteiger partial charge < -0.3 is 9.80 Å². The van der Waals surface area contributed by atoms with Crippen molar-refractivity contribution in [2.75, 3.05) is 32.1 Å². The first kappa shape index (κ1) is 15.6. The second-order valence-corrected chi connectivity index (χ2v) is 6.52. The van der Waals surface area contributed by atoms with Gasteiger partial charge in [-0.15, -0.1) is 0 Å². The summed E-state index contributed by atoms with van der Waals surface area (Å²) in [5, 5.41) is 4.36. The Morgan fingerprint density at radius 3 is 2.92 bits per heavy atom. The minimum Gasteiger partial charge on any atom is -0.361 e. The third kappa shape index (κ3) is 2.82. The quantitative estimate of drug-likeness (QED) is 0.730. The predicted octanol–water partition coefficient (Wildman–Crippen LogP) is 1.82. The molecule has 7 heteroatoms. The van der Waals surface area contributed by atoms with Crippen molar-refractivity contribution in [2.45, 2.75) is 12.3 Å². The van der Waals surface area contributed by atoms with Crippen molar-refractivity contribution >= 4 is 17.2 Å².